The normalized spacial score (nSPS) is 10.6. The number of nitrogens with zero attached hydrogens (tertiary/aromatic N) is 3. The Kier molecular flexibility index (Phi) is 7.47. The third-order valence-corrected chi connectivity index (χ3v) is 6.18. The molecule has 0 spiro atoms. The van der Waals surface area contributed by atoms with Gasteiger partial charge in [0.15, 0.2) is 0 Å². The Labute approximate surface area is 207 Å². The van der Waals surface area contributed by atoms with Gasteiger partial charge in [-0.15, -0.1) is 11.3 Å². The van der Waals surface area contributed by atoms with E-state index in [9.17, 15) is 9.59 Å². The lowest BCUT2D eigenvalue weighted by atomic mass is 9.98. The van der Waals surface area contributed by atoms with E-state index in [-0.39, 0.29) is 6.03 Å². The number of aromatic nitrogens is 3. The number of hydrogen-bond acceptors (Lipinski definition) is 7. The highest BCUT2D eigenvalue weighted by molar-refractivity contribution is 7.13. The molecule has 9 heteroatoms. The Morgan fingerprint density at radius 1 is 1.00 bits per heavy atom. The summed E-state index contributed by atoms with van der Waals surface area (Å²) in [4.78, 5) is 38.2. The minimum atomic E-state index is -0.467. The number of benzene rings is 1. The summed E-state index contributed by atoms with van der Waals surface area (Å²) in [5, 5.41) is 8.22. The lowest BCUT2D eigenvalue weighted by molar-refractivity contribution is 0.0600. The van der Waals surface area contributed by atoms with Crippen LogP contribution in [0.1, 0.15) is 29.9 Å². The summed E-state index contributed by atoms with van der Waals surface area (Å²) in [6.07, 6.45) is 3.85. The molecule has 0 radical (unpaired) electrons. The van der Waals surface area contributed by atoms with Crippen LogP contribution >= 0.6 is 11.3 Å². The molecule has 0 aliphatic rings. The highest BCUT2D eigenvalue weighted by atomic mass is 32.1. The molecule has 1 aromatic carbocycles. The van der Waals surface area contributed by atoms with E-state index in [1.165, 1.54) is 24.6 Å². The maximum Gasteiger partial charge on any atom is 0.339 e. The fraction of sp³-hybridized carbons (Fsp3) is 0.192. The summed E-state index contributed by atoms with van der Waals surface area (Å²) in [5.74, 6) is -0.0765. The highest BCUT2D eigenvalue weighted by Gasteiger charge is 2.19. The Morgan fingerprint density at radius 2 is 1.80 bits per heavy atom. The SMILES string of the molecule is CCNC(=O)Nc1cc(-c2nc(-c3ccccc3)cs2)c(-c2cc(C(=O)OC)cnc2CC)cn1. The lowest BCUT2D eigenvalue weighted by Crippen LogP contribution is -2.28. The smallest absolute Gasteiger partial charge is 0.339 e. The minimum Gasteiger partial charge on any atom is -0.465 e. The van der Waals surface area contributed by atoms with E-state index in [4.69, 9.17) is 9.72 Å². The average molecular weight is 488 g/mol. The number of ether oxygens (including phenoxy) is 1. The largest absolute Gasteiger partial charge is 0.465 e. The van der Waals surface area contributed by atoms with Gasteiger partial charge in [0.25, 0.3) is 0 Å². The van der Waals surface area contributed by atoms with Crippen LogP contribution in [0.5, 0.6) is 0 Å². The number of rotatable bonds is 7. The zero-order valence-corrected chi connectivity index (χ0v) is 20.5. The Hall–Kier alpha value is -4.11. The van der Waals surface area contributed by atoms with Gasteiger partial charge in [0.2, 0.25) is 0 Å². The van der Waals surface area contributed by atoms with Crippen LogP contribution < -0.4 is 10.6 Å². The first-order valence-electron chi connectivity index (χ1n) is 11.2. The van der Waals surface area contributed by atoms with Crippen molar-refractivity contribution in [3.63, 3.8) is 0 Å². The van der Waals surface area contributed by atoms with Crippen molar-refractivity contribution < 1.29 is 14.3 Å². The number of hydrogen-bond donors (Lipinski definition) is 2. The van der Waals surface area contributed by atoms with Crippen LogP contribution in [0, 0.1) is 0 Å². The average Bonchev–Trinajstić information content (AvgIpc) is 3.39. The molecule has 178 valence electrons. The van der Waals surface area contributed by atoms with Crippen LogP contribution in [0.4, 0.5) is 10.6 Å². The topological polar surface area (TPSA) is 106 Å². The fourth-order valence-electron chi connectivity index (χ4n) is 3.61. The van der Waals surface area contributed by atoms with E-state index in [0.29, 0.717) is 24.3 Å². The zero-order valence-electron chi connectivity index (χ0n) is 19.7. The van der Waals surface area contributed by atoms with E-state index < -0.39 is 5.97 Å². The number of carbonyl (C=O) groups is 2. The predicted octanol–water partition coefficient (Wildman–Crippen LogP) is 5.42. The quantitative estimate of drug-likeness (QED) is 0.337. The van der Waals surface area contributed by atoms with E-state index in [1.54, 1.807) is 18.3 Å². The minimum absolute atomic E-state index is 0.341. The molecule has 3 aromatic heterocycles. The van der Waals surface area contributed by atoms with Crippen molar-refractivity contribution in [2.45, 2.75) is 20.3 Å². The molecule has 2 amide bonds. The maximum absolute atomic E-state index is 12.2. The number of methoxy groups -OCH3 is 1. The van der Waals surface area contributed by atoms with Crippen molar-refractivity contribution in [1.29, 1.82) is 0 Å². The number of urea groups is 1. The van der Waals surface area contributed by atoms with Gasteiger partial charge in [-0.1, -0.05) is 37.3 Å². The van der Waals surface area contributed by atoms with Gasteiger partial charge in [-0.2, -0.15) is 0 Å². The molecule has 8 nitrogen and oxygen atoms in total. The summed E-state index contributed by atoms with van der Waals surface area (Å²) >= 11 is 1.49. The van der Waals surface area contributed by atoms with Gasteiger partial charge in [-0.3, -0.25) is 10.3 Å². The molecular weight excluding hydrogens is 462 g/mol. The Bertz CT molecular complexity index is 1350. The highest BCUT2D eigenvalue weighted by Crippen LogP contribution is 2.38. The van der Waals surface area contributed by atoms with Crippen molar-refractivity contribution >= 4 is 29.2 Å². The molecule has 35 heavy (non-hydrogen) atoms. The van der Waals surface area contributed by atoms with Crippen molar-refractivity contribution in [1.82, 2.24) is 20.3 Å². The fourth-order valence-corrected chi connectivity index (χ4v) is 4.47. The molecule has 0 saturated carbocycles. The maximum atomic E-state index is 12.2. The van der Waals surface area contributed by atoms with Crippen LogP contribution in [0.3, 0.4) is 0 Å². The number of esters is 1. The molecule has 0 fully saturated rings. The molecule has 4 aromatic rings. The van der Waals surface area contributed by atoms with E-state index in [2.05, 4.69) is 20.6 Å². The number of thiazole rings is 1. The summed E-state index contributed by atoms with van der Waals surface area (Å²) < 4.78 is 4.89. The Balaban J connectivity index is 1.86. The third-order valence-electron chi connectivity index (χ3n) is 5.30. The number of pyridine rings is 2. The molecule has 0 saturated heterocycles. The van der Waals surface area contributed by atoms with E-state index in [1.807, 2.05) is 49.6 Å². The molecule has 0 atom stereocenters. The summed E-state index contributed by atoms with van der Waals surface area (Å²) in [7, 11) is 1.34. The summed E-state index contributed by atoms with van der Waals surface area (Å²) in [5.41, 5.74) is 5.31. The predicted molar refractivity (Wildman–Crippen MR) is 137 cm³/mol. The molecule has 0 aliphatic heterocycles. The van der Waals surface area contributed by atoms with Crippen LogP contribution in [-0.4, -0.2) is 40.6 Å². The van der Waals surface area contributed by atoms with Gasteiger partial charge in [0, 0.05) is 52.3 Å². The monoisotopic (exact) mass is 487 g/mol. The molecule has 3 heterocycles. The van der Waals surface area contributed by atoms with Crippen LogP contribution in [0.15, 0.2) is 60.2 Å². The second-order valence-corrected chi connectivity index (χ2v) is 8.42. The lowest BCUT2D eigenvalue weighted by Gasteiger charge is -2.14. The zero-order chi connectivity index (χ0) is 24.8. The molecule has 0 aliphatic carbocycles. The standard InChI is InChI=1S/C26H25N5O3S/c1-4-21-18(11-17(13-28-21)25(32)34-3)20-14-29-23(31-26(33)27-5-2)12-19(20)24-30-22(15-35-24)16-9-7-6-8-10-16/h6-15H,4-5H2,1-3H3,(H2,27,29,31,33). The van der Waals surface area contributed by atoms with Gasteiger partial charge in [0.05, 0.1) is 18.4 Å². The van der Waals surface area contributed by atoms with Crippen molar-refractivity contribution in [2.75, 3.05) is 19.0 Å². The Morgan fingerprint density at radius 3 is 2.51 bits per heavy atom. The first-order chi connectivity index (χ1) is 17.0. The molecule has 0 unspecified atom stereocenters. The molecule has 4 rings (SSSR count). The second-order valence-electron chi connectivity index (χ2n) is 7.57. The number of carbonyl (C=O) groups excluding carboxylic acids is 2. The van der Waals surface area contributed by atoms with E-state index >= 15 is 0 Å². The number of amides is 2. The molecule has 0 bridgehead atoms. The van der Waals surface area contributed by atoms with Gasteiger partial charge < -0.3 is 10.1 Å². The second kappa shape index (κ2) is 10.9. The number of anilines is 1. The first-order valence-corrected chi connectivity index (χ1v) is 12.1. The summed E-state index contributed by atoms with van der Waals surface area (Å²) in [6, 6.07) is 13.1. The molecular formula is C26H25N5O3S. The number of nitrogens with one attached hydrogen (secondary N) is 2. The van der Waals surface area contributed by atoms with Gasteiger partial charge in [-0.05, 0) is 25.5 Å². The van der Waals surface area contributed by atoms with E-state index in [0.717, 1.165) is 38.6 Å². The van der Waals surface area contributed by atoms with Crippen LogP contribution in [0.2, 0.25) is 0 Å². The van der Waals surface area contributed by atoms with Gasteiger partial charge in [0.1, 0.15) is 10.8 Å². The van der Waals surface area contributed by atoms with Gasteiger partial charge >= 0.3 is 12.0 Å². The number of aryl methyl sites for hydroxylation is 1. The van der Waals surface area contributed by atoms with Crippen LogP contribution in [-0.2, 0) is 11.2 Å². The third kappa shape index (κ3) is 5.36. The van der Waals surface area contributed by atoms with Crippen molar-refractivity contribution in [3.05, 3.63) is 71.5 Å². The van der Waals surface area contributed by atoms with Crippen molar-refractivity contribution in [3.8, 4) is 33.0 Å². The first kappa shape index (κ1) is 24.0. The van der Waals surface area contributed by atoms with Crippen LogP contribution in [0.25, 0.3) is 33.0 Å². The molecule has 2 N–H and O–H groups in total. The van der Waals surface area contributed by atoms with Crippen molar-refractivity contribution in [2.24, 2.45) is 0 Å². The summed E-state index contributed by atoms with van der Waals surface area (Å²) in [6.45, 7) is 4.34. The van der Waals surface area contributed by atoms with Gasteiger partial charge in [-0.25, -0.2) is 19.6 Å².